The highest BCUT2D eigenvalue weighted by Crippen LogP contribution is 1.95. The van der Waals surface area contributed by atoms with E-state index in [1.54, 1.807) is 6.92 Å². The molecule has 0 radical (unpaired) electrons. The molecule has 0 heterocycles. The van der Waals surface area contributed by atoms with E-state index >= 15 is 0 Å². The van der Waals surface area contributed by atoms with Crippen molar-refractivity contribution in [3.8, 4) is 24.9 Å². The Morgan fingerprint density at radius 3 is 2.10 bits per heavy atom. The SMILES string of the molecule is C#CN(C#C)C(C)C(C)=O.[HH].[HH]. The molecule has 2 heteroatoms. The van der Waals surface area contributed by atoms with Crippen molar-refractivity contribution in [1.29, 1.82) is 0 Å². The van der Waals surface area contributed by atoms with E-state index < -0.39 is 0 Å². The highest BCUT2D eigenvalue weighted by molar-refractivity contribution is 5.81. The fourth-order valence-electron chi connectivity index (χ4n) is 0.443. The molecule has 0 aliphatic rings. The van der Waals surface area contributed by atoms with Gasteiger partial charge < -0.3 is 0 Å². The number of carbonyl (C=O) groups excluding carboxylic acids is 1. The number of terminal acetylenes is 2. The summed E-state index contributed by atoms with van der Waals surface area (Å²) in [7, 11) is 0. The molecule has 0 aliphatic carbocycles. The van der Waals surface area contributed by atoms with Crippen LogP contribution in [0.3, 0.4) is 0 Å². The van der Waals surface area contributed by atoms with Gasteiger partial charge in [-0.05, 0) is 13.8 Å². The maximum Gasteiger partial charge on any atom is 0.153 e. The minimum atomic E-state index is -0.380. The third kappa shape index (κ3) is 1.84. The fraction of sp³-hybridized carbons (Fsp3) is 0.375. The Balaban J connectivity index is -0.000000405. The molecule has 1 unspecified atom stereocenters. The average Bonchev–Trinajstić information content (AvgIpc) is 1.90. The molecule has 0 aromatic heterocycles. The molecule has 56 valence electrons. The molecule has 0 amide bonds. The first-order valence-electron chi connectivity index (χ1n) is 2.85. The van der Waals surface area contributed by atoms with E-state index in [4.69, 9.17) is 12.8 Å². The van der Waals surface area contributed by atoms with Gasteiger partial charge in [0.15, 0.2) is 5.78 Å². The van der Waals surface area contributed by atoms with Gasteiger partial charge in [0, 0.05) is 14.9 Å². The number of ketones is 1. The number of Topliss-reactive ketones (excluding diaryl/α,β-unsaturated/α-hetero) is 1. The van der Waals surface area contributed by atoms with Crippen LogP contribution in [0.1, 0.15) is 16.7 Å². The lowest BCUT2D eigenvalue weighted by atomic mass is 10.2. The fourth-order valence-corrected chi connectivity index (χ4v) is 0.443. The van der Waals surface area contributed by atoms with E-state index in [0.717, 1.165) is 0 Å². The predicted molar refractivity (Wildman–Crippen MR) is 43.9 cm³/mol. The van der Waals surface area contributed by atoms with Gasteiger partial charge in [-0.15, -0.1) is 0 Å². The number of carbonyl (C=O) groups is 1. The Morgan fingerprint density at radius 1 is 1.60 bits per heavy atom. The molecule has 0 fully saturated rings. The first kappa shape index (κ1) is 8.59. The van der Waals surface area contributed by atoms with E-state index in [1.165, 1.54) is 11.8 Å². The summed E-state index contributed by atoms with van der Waals surface area (Å²) in [5.74, 6) is -0.0316. The summed E-state index contributed by atoms with van der Waals surface area (Å²) in [5, 5.41) is 0. The van der Waals surface area contributed by atoms with Crippen LogP contribution in [0.2, 0.25) is 0 Å². The summed E-state index contributed by atoms with van der Waals surface area (Å²) in [6.45, 7) is 3.12. The highest BCUT2D eigenvalue weighted by atomic mass is 16.1. The molecule has 10 heavy (non-hydrogen) atoms. The van der Waals surface area contributed by atoms with Crippen LogP contribution < -0.4 is 0 Å². The minimum Gasteiger partial charge on any atom is -0.298 e. The van der Waals surface area contributed by atoms with Crippen molar-refractivity contribution >= 4 is 5.78 Å². The van der Waals surface area contributed by atoms with Crippen LogP contribution in [-0.4, -0.2) is 16.7 Å². The molecule has 0 N–H and O–H groups in total. The van der Waals surface area contributed by atoms with Gasteiger partial charge in [-0.2, -0.15) is 0 Å². The molecular formula is C8H13NO. The third-order valence-electron chi connectivity index (χ3n) is 1.25. The Labute approximate surface area is 64.2 Å². The summed E-state index contributed by atoms with van der Waals surface area (Å²) in [6.07, 6.45) is 10.0. The van der Waals surface area contributed by atoms with Gasteiger partial charge in [-0.1, -0.05) is 12.8 Å². The van der Waals surface area contributed by atoms with E-state index in [9.17, 15) is 4.79 Å². The molecule has 1 atom stereocenters. The van der Waals surface area contributed by atoms with Crippen LogP contribution in [0, 0.1) is 24.9 Å². The molecule has 0 bridgehead atoms. The zero-order valence-electron chi connectivity index (χ0n) is 6.09. The van der Waals surface area contributed by atoms with Crippen molar-refractivity contribution in [2.75, 3.05) is 0 Å². The van der Waals surface area contributed by atoms with Crippen LogP contribution in [0.4, 0.5) is 0 Å². The molecule has 0 aromatic carbocycles. The number of hydrogen-bond donors (Lipinski definition) is 0. The Kier molecular flexibility index (Phi) is 3.08. The smallest absolute Gasteiger partial charge is 0.153 e. The zero-order valence-corrected chi connectivity index (χ0v) is 6.09. The maximum atomic E-state index is 10.7. The van der Waals surface area contributed by atoms with Crippen LogP contribution in [0.25, 0.3) is 0 Å². The van der Waals surface area contributed by atoms with Crippen molar-refractivity contribution in [1.82, 2.24) is 4.90 Å². The first-order chi connectivity index (χ1) is 4.63. The van der Waals surface area contributed by atoms with Crippen LogP contribution in [0.15, 0.2) is 0 Å². The largest absolute Gasteiger partial charge is 0.298 e. The molecule has 0 saturated heterocycles. The van der Waals surface area contributed by atoms with Gasteiger partial charge in [0.1, 0.15) is 6.04 Å². The average molecular weight is 139 g/mol. The summed E-state index contributed by atoms with van der Waals surface area (Å²) in [6, 6.07) is 4.04. The molecule has 0 rings (SSSR count). The van der Waals surface area contributed by atoms with Crippen molar-refractivity contribution in [3.63, 3.8) is 0 Å². The molecule has 0 saturated carbocycles. The first-order valence-corrected chi connectivity index (χ1v) is 2.85. The molecule has 0 spiro atoms. The van der Waals surface area contributed by atoms with Crippen molar-refractivity contribution in [3.05, 3.63) is 0 Å². The van der Waals surface area contributed by atoms with Crippen LogP contribution >= 0.6 is 0 Å². The minimum absolute atomic E-state index is 0. The van der Waals surface area contributed by atoms with Gasteiger partial charge in [-0.25, -0.2) is 0 Å². The lowest BCUT2D eigenvalue weighted by Crippen LogP contribution is -2.29. The second-order valence-corrected chi connectivity index (χ2v) is 1.91. The molecule has 0 aliphatic heterocycles. The van der Waals surface area contributed by atoms with Crippen molar-refractivity contribution < 1.29 is 7.65 Å². The lowest BCUT2D eigenvalue weighted by Gasteiger charge is -2.14. The second-order valence-electron chi connectivity index (χ2n) is 1.91. The van der Waals surface area contributed by atoms with Gasteiger partial charge in [-0.3, -0.25) is 9.69 Å². The number of nitrogens with zero attached hydrogens (tertiary/aromatic N) is 1. The van der Waals surface area contributed by atoms with E-state index in [2.05, 4.69) is 12.1 Å². The quantitative estimate of drug-likeness (QED) is 0.419. The topological polar surface area (TPSA) is 20.3 Å². The van der Waals surface area contributed by atoms with Crippen LogP contribution in [0.5, 0.6) is 0 Å². The van der Waals surface area contributed by atoms with Gasteiger partial charge >= 0.3 is 0 Å². The number of rotatable bonds is 2. The summed E-state index contributed by atoms with van der Waals surface area (Å²) in [4.78, 5) is 11.9. The standard InChI is InChI=1S/C8H9NO.2H2/c1-5-9(6-2)7(3)8(4)10;;/h1-2,7H,3-4H3;2*1H. The van der Waals surface area contributed by atoms with E-state index in [0.29, 0.717) is 0 Å². The van der Waals surface area contributed by atoms with Crippen molar-refractivity contribution in [2.45, 2.75) is 19.9 Å². The lowest BCUT2D eigenvalue weighted by molar-refractivity contribution is -0.119. The van der Waals surface area contributed by atoms with E-state index in [-0.39, 0.29) is 14.7 Å². The monoisotopic (exact) mass is 139 g/mol. The molecule has 0 aromatic rings. The van der Waals surface area contributed by atoms with Gasteiger partial charge in [0.2, 0.25) is 0 Å². The van der Waals surface area contributed by atoms with E-state index in [1.807, 2.05) is 0 Å². The highest BCUT2D eigenvalue weighted by Gasteiger charge is 2.11. The van der Waals surface area contributed by atoms with Crippen LogP contribution in [-0.2, 0) is 4.79 Å². The van der Waals surface area contributed by atoms with Crippen molar-refractivity contribution in [2.24, 2.45) is 0 Å². The Bertz CT molecular complexity index is 200. The maximum absolute atomic E-state index is 10.7. The number of hydrogen-bond acceptors (Lipinski definition) is 2. The zero-order chi connectivity index (χ0) is 8.15. The second kappa shape index (κ2) is 3.58. The summed E-state index contributed by atoms with van der Waals surface area (Å²) >= 11 is 0. The third-order valence-corrected chi connectivity index (χ3v) is 1.25. The summed E-state index contributed by atoms with van der Waals surface area (Å²) < 4.78 is 0. The Morgan fingerprint density at radius 2 is 2.00 bits per heavy atom. The van der Waals surface area contributed by atoms with Gasteiger partial charge in [0.05, 0.1) is 0 Å². The molecule has 2 nitrogen and oxygen atoms in total. The molecular weight excluding hydrogens is 126 g/mol. The summed E-state index contributed by atoms with van der Waals surface area (Å²) in [5.41, 5.74) is 0. The predicted octanol–water partition coefficient (Wildman–Crippen LogP) is 0.939. The van der Waals surface area contributed by atoms with Gasteiger partial charge in [0.25, 0.3) is 0 Å². The normalized spacial score (nSPS) is 10.8. The Hall–Kier alpha value is -1.41.